The fourth-order valence-corrected chi connectivity index (χ4v) is 1.50. The lowest BCUT2D eigenvalue weighted by molar-refractivity contribution is 0.0975. The number of rotatable bonds is 4. The topological polar surface area (TPSA) is 17.1 Å². The van der Waals surface area contributed by atoms with Gasteiger partial charge in [0.1, 0.15) is 0 Å². The maximum absolute atomic E-state index is 11.8. The molecule has 82 valence electrons. The van der Waals surface area contributed by atoms with E-state index in [1.165, 1.54) is 0 Å². The molecule has 0 saturated heterocycles. The van der Waals surface area contributed by atoms with Crippen LogP contribution in [-0.4, -0.2) is 5.78 Å². The van der Waals surface area contributed by atoms with Gasteiger partial charge in [-0.15, -0.1) is 0 Å². The van der Waals surface area contributed by atoms with Gasteiger partial charge in [-0.05, 0) is 43.0 Å². The van der Waals surface area contributed by atoms with E-state index in [4.69, 9.17) is 11.6 Å². The van der Waals surface area contributed by atoms with Gasteiger partial charge in [-0.25, -0.2) is 0 Å². The summed E-state index contributed by atoms with van der Waals surface area (Å²) in [6.45, 7) is 6.17. The maximum atomic E-state index is 11.8. The van der Waals surface area contributed by atoms with Gasteiger partial charge < -0.3 is 0 Å². The summed E-state index contributed by atoms with van der Waals surface area (Å²) in [5.41, 5.74) is 1.74. The Morgan fingerprint density at radius 2 is 2.07 bits per heavy atom. The predicted molar refractivity (Wildman–Crippen MR) is 64.6 cm³/mol. The van der Waals surface area contributed by atoms with Crippen molar-refractivity contribution in [2.45, 2.75) is 33.6 Å². The van der Waals surface area contributed by atoms with E-state index in [9.17, 15) is 4.79 Å². The fraction of sp³-hybridized carbons (Fsp3) is 0.462. The van der Waals surface area contributed by atoms with Gasteiger partial charge in [-0.2, -0.15) is 0 Å². The summed E-state index contributed by atoms with van der Waals surface area (Å²) in [7, 11) is 0. The van der Waals surface area contributed by atoms with E-state index in [-0.39, 0.29) is 5.78 Å². The van der Waals surface area contributed by atoms with Crippen molar-refractivity contribution in [2.75, 3.05) is 0 Å². The lowest BCUT2D eigenvalue weighted by Crippen LogP contribution is -2.01. The summed E-state index contributed by atoms with van der Waals surface area (Å²) in [6, 6.07) is 5.46. The zero-order valence-electron chi connectivity index (χ0n) is 9.51. The highest BCUT2D eigenvalue weighted by Gasteiger charge is 2.07. The van der Waals surface area contributed by atoms with Crippen LogP contribution in [-0.2, 0) is 0 Å². The van der Waals surface area contributed by atoms with Crippen molar-refractivity contribution in [3.63, 3.8) is 0 Å². The van der Waals surface area contributed by atoms with Crippen LogP contribution in [0, 0.1) is 12.8 Å². The zero-order chi connectivity index (χ0) is 11.4. The number of carbonyl (C=O) groups is 1. The van der Waals surface area contributed by atoms with Crippen LogP contribution < -0.4 is 0 Å². The van der Waals surface area contributed by atoms with Crippen molar-refractivity contribution in [3.8, 4) is 0 Å². The van der Waals surface area contributed by atoms with E-state index in [0.29, 0.717) is 12.3 Å². The molecule has 0 radical (unpaired) electrons. The maximum Gasteiger partial charge on any atom is 0.162 e. The van der Waals surface area contributed by atoms with E-state index in [2.05, 4.69) is 13.8 Å². The van der Waals surface area contributed by atoms with E-state index >= 15 is 0 Å². The Morgan fingerprint density at radius 1 is 1.40 bits per heavy atom. The molecule has 0 saturated carbocycles. The lowest BCUT2D eigenvalue weighted by Gasteiger charge is -2.05. The molecule has 1 aromatic carbocycles. The first kappa shape index (κ1) is 12.3. The number of hydrogen-bond donors (Lipinski definition) is 0. The molecule has 1 rings (SSSR count). The van der Waals surface area contributed by atoms with Gasteiger partial charge in [0.15, 0.2) is 5.78 Å². The summed E-state index contributed by atoms with van der Waals surface area (Å²) < 4.78 is 0. The highest BCUT2D eigenvalue weighted by Crippen LogP contribution is 2.18. The van der Waals surface area contributed by atoms with Gasteiger partial charge in [0.25, 0.3) is 0 Å². The number of carbonyl (C=O) groups excluding carboxylic acids is 1. The first-order chi connectivity index (χ1) is 7.00. The van der Waals surface area contributed by atoms with Crippen molar-refractivity contribution in [1.29, 1.82) is 0 Å². The summed E-state index contributed by atoms with van der Waals surface area (Å²) in [4.78, 5) is 11.8. The smallest absolute Gasteiger partial charge is 0.162 e. The third-order valence-electron chi connectivity index (χ3n) is 2.43. The molecule has 1 nitrogen and oxygen atoms in total. The largest absolute Gasteiger partial charge is 0.294 e. The molecule has 2 heteroatoms. The average Bonchev–Trinajstić information content (AvgIpc) is 2.18. The number of Topliss-reactive ketones (excluding diaryl/α,β-unsaturated/α-hetero) is 1. The highest BCUT2D eigenvalue weighted by molar-refractivity contribution is 6.31. The Morgan fingerprint density at radius 3 is 2.60 bits per heavy atom. The molecule has 0 aliphatic rings. The molecule has 0 spiro atoms. The number of halogens is 1. The molecule has 0 heterocycles. The van der Waals surface area contributed by atoms with Crippen LogP contribution in [0.1, 0.15) is 42.6 Å². The van der Waals surface area contributed by atoms with Crippen LogP contribution in [0.15, 0.2) is 18.2 Å². The van der Waals surface area contributed by atoms with Crippen LogP contribution in [0.3, 0.4) is 0 Å². The van der Waals surface area contributed by atoms with Gasteiger partial charge >= 0.3 is 0 Å². The Bertz CT molecular complexity index is 356. The van der Waals surface area contributed by atoms with Crippen LogP contribution in [0.25, 0.3) is 0 Å². The van der Waals surface area contributed by atoms with E-state index in [1.54, 1.807) is 12.1 Å². The SMILES string of the molecule is Cc1cc(C(=O)CCC(C)C)ccc1Cl. The van der Waals surface area contributed by atoms with Crippen LogP contribution >= 0.6 is 11.6 Å². The first-order valence-corrected chi connectivity index (χ1v) is 5.68. The standard InChI is InChI=1S/C13H17ClO/c1-9(2)4-7-13(15)11-5-6-12(14)10(3)8-11/h5-6,8-9H,4,7H2,1-3H3. The van der Waals surface area contributed by atoms with Crippen molar-refractivity contribution in [1.82, 2.24) is 0 Å². The van der Waals surface area contributed by atoms with Crippen LogP contribution in [0.4, 0.5) is 0 Å². The molecule has 0 aliphatic carbocycles. The lowest BCUT2D eigenvalue weighted by atomic mass is 10.0. The van der Waals surface area contributed by atoms with Crippen molar-refractivity contribution in [3.05, 3.63) is 34.3 Å². The molecular formula is C13H17ClO. The molecular weight excluding hydrogens is 208 g/mol. The number of ketones is 1. The van der Waals surface area contributed by atoms with Gasteiger partial charge in [-0.3, -0.25) is 4.79 Å². The monoisotopic (exact) mass is 224 g/mol. The second-order valence-corrected chi connectivity index (χ2v) is 4.73. The summed E-state index contributed by atoms with van der Waals surface area (Å²) in [5.74, 6) is 0.783. The number of hydrogen-bond acceptors (Lipinski definition) is 1. The molecule has 0 fully saturated rings. The summed E-state index contributed by atoms with van der Waals surface area (Å²) in [6.07, 6.45) is 1.57. The highest BCUT2D eigenvalue weighted by atomic mass is 35.5. The van der Waals surface area contributed by atoms with Crippen LogP contribution in [0.2, 0.25) is 5.02 Å². The second-order valence-electron chi connectivity index (χ2n) is 4.32. The number of benzene rings is 1. The average molecular weight is 225 g/mol. The van der Waals surface area contributed by atoms with Gasteiger partial charge in [0.05, 0.1) is 0 Å². The minimum absolute atomic E-state index is 0.212. The molecule has 0 N–H and O–H groups in total. The molecule has 15 heavy (non-hydrogen) atoms. The molecule has 0 aromatic heterocycles. The minimum atomic E-state index is 0.212. The van der Waals surface area contributed by atoms with Crippen molar-refractivity contribution >= 4 is 17.4 Å². The molecule has 0 amide bonds. The minimum Gasteiger partial charge on any atom is -0.294 e. The van der Waals surface area contributed by atoms with E-state index in [1.807, 2.05) is 13.0 Å². The molecule has 0 bridgehead atoms. The van der Waals surface area contributed by atoms with Gasteiger partial charge in [0, 0.05) is 17.0 Å². The molecule has 0 atom stereocenters. The van der Waals surface area contributed by atoms with Gasteiger partial charge in [-0.1, -0.05) is 25.4 Å². The first-order valence-electron chi connectivity index (χ1n) is 5.30. The van der Waals surface area contributed by atoms with E-state index in [0.717, 1.165) is 22.6 Å². The Balaban J connectivity index is 2.70. The Hall–Kier alpha value is -0.820. The quantitative estimate of drug-likeness (QED) is 0.699. The molecule has 0 unspecified atom stereocenters. The Labute approximate surface area is 96.5 Å². The fourth-order valence-electron chi connectivity index (χ4n) is 1.38. The van der Waals surface area contributed by atoms with Crippen molar-refractivity contribution < 1.29 is 4.79 Å². The predicted octanol–water partition coefficient (Wildman–Crippen LogP) is 4.27. The number of aryl methyl sites for hydroxylation is 1. The normalized spacial score (nSPS) is 10.7. The van der Waals surface area contributed by atoms with Gasteiger partial charge in [0.2, 0.25) is 0 Å². The van der Waals surface area contributed by atoms with E-state index < -0.39 is 0 Å². The molecule has 0 aliphatic heterocycles. The molecule has 1 aromatic rings. The zero-order valence-corrected chi connectivity index (χ0v) is 10.3. The van der Waals surface area contributed by atoms with Crippen LogP contribution in [0.5, 0.6) is 0 Å². The Kier molecular flexibility index (Phi) is 4.34. The summed E-state index contributed by atoms with van der Waals surface area (Å²) >= 11 is 5.90. The summed E-state index contributed by atoms with van der Waals surface area (Å²) in [5, 5.41) is 0.718. The van der Waals surface area contributed by atoms with Crippen molar-refractivity contribution in [2.24, 2.45) is 5.92 Å². The third kappa shape index (κ3) is 3.67. The second kappa shape index (κ2) is 5.32. The third-order valence-corrected chi connectivity index (χ3v) is 2.85.